The van der Waals surface area contributed by atoms with Gasteiger partial charge in [0.25, 0.3) is 0 Å². The van der Waals surface area contributed by atoms with Gasteiger partial charge in [-0.25, -0.2) is 9.37 Å². The number of nitrogens with one attached hydrogen (secondary N) is 1. The highest BCUT2D eigenvalue weighted by atomic mass is 79.9. The monoisotopic (exact) mass is 368 g/mol. The average molecular weight is 369 g/mol. The molecule has 5 heteroatoms. The van der Waals surface area contributed by atoms with Gasteiger partial charge in [-0.3, -0.25) is 0 Å². The second-order valence-corrected chi connectivity index (χ2v) is 7.61. The van der Waals surface area contributed by atoms with Crippen LogP contribution in [0.4, 0.5) is 4.39 Å². The second kappa shape index (κ2) is 6.15. The highest BCUT2D eigenvalue weighted by Gasteiger charge is 2.29. The van der Waals surface area contributed by atoms with E-state index in [1.165, 1.54) is 6.07 Å². The summed E-state index contributed by atoms with van der Waals surface area (Å²) in [6, 6.07) is 5.42. The van der Waals surface area contributed by atoms with E-state index in [0.717, 1.165) is 28.0 Å². The van der Waals surface area contributed by atoms with Crippen molar-refractivity contribution in [2.75, 3.05) is 0 Å². The van der Waals surface area contributed by atoms with Crippen LogP contribution in [-0.2, 0) is 0 Å². The summed E-state index contributed by atoms with van der Waals surface area (Å²) in [5.41, 5.74) is 1.74. The minimum absolute atomic E-state index is 0.160. The van der Waals surface area contributed by atoms with Crippen molar-refractivity contribution in [1.82, 2.24) is 10.3 Å². The lowest BCUT2D eigenvalue weighted by atomic mass is 10.1. The molecule has 1 aromatic carbocycles. The fourth-order valence-electron chi connectivity index (χ4n) is 2.21. The summed E-state index contributed by atoms with van der Waals surface area (Å²) in [7, 11) is 0. The molecule has 1 aliphatic rings. The molecule has 3 rings (SSSR count). The zero-order valence-corrected chi connectivity index (χ0v) is 14.5. The molecule has 1 heterocycles. The first-order valence-electron chi connectivity index (χ1n) is 7.21. The molecule has 1 aromatic heterocycles. The largest absolute Gasteiger partial charge is 0.301 e. The molecule has 0 aliphatic heterocycles. The predicted octanol–water partition coefficient (Wildman–Crippen LogP) is 5.01. The van der Waals surface area contributed by atoms with E-state index in [9.17, 15) is 4.39 Å². The summed E-state index contributed by atoms with van der Waals surface area (Å²) in [5.74, 6) is 0.210. The van der Waals surface area contributed by atoms with Crippen molar-refractivity contribution < 1.29 is 4.39 Å². The Morgan fingerprint density at radius 2 is 2.14 bits per heavy atom. The van der Waals surface area contributed by atoms with Crippen LogP contribution >= 0.6 is 27.3 Å². The van der Waals surface area contributed by atoms with E-state index in [1.807, 2.05) is 6.07 Å². The smallest absolute Gasteiger partial charge is 0.128 e. The van der Waals surface area contributed by atoms with Gasteiger partial charge in [-0.1, -0.05) is 29.8 Å². The molecule has 0 amide bonds. The van der Waals surface area contributed by atoms with Crippen molar-refractivity contribution in [3.05, 3.63) is 50.1 Å². The first-order valence-corrected chi connectivity index (χ1v) is 8.88. The summed E-state index contributed by atoms with van der Waals surface area (Å²) < 4.78 is 15.1. The van der Waals surface area contributed by atoms with E-state index in [-0.39, 0.29) is 11.9 Å². The molecule has 0 radical (unpaired) electrons. The Hall–Kier alpha value is -0.780. The minimum Gasteiger partial charge on any atom is -0.301 e. The molecular formula is C16H18BrFN2S. The third-order valence-corrected chi connectivity index (χ3v) is 5.05. The Labute approximate surface area is 136 Å². The highest BCUT2D eigenvalue weighted by Crippen LogP contribution is 2.33. The van der Waals surface area contributed by atoms with Gasteiger partial charge in [0.05, 0.1) is 11.7 Å². The van der Waals surface area contributed by atoms with Gasteiger partial charge in [0.1, 0.15) is 10.8 Å². The van der Waals surface area contributed by atoms with Gasteiger partial charge in [-0.15, -0.1) is 11.3 Å². The Bertz CT molecular complexity index is 637. The zero-order chi connectivity index (χ0) is 15.0. The van der Waals surface area contributed by atoms with E-state index in [2.05, 4.69) is 40.5 Å². The zero-order valence-electron chi connectivity index (χ0n) is 12.1. The number of halogens is 2. The molecule has 1 fully saturated rings. The lowest BCUT2D eigenvalue weighted by Gasteiger charge is -2.18. The van der Waals surface area contributed by atoms with Crippen molar-refractivity contribution in [2.45, 2.75) is 44.7 Å². The Kier molecular flexibility index (Phi) is 4.43. The van der Waals surface area contributed by atoms with Crippen LogP contribution in [0.2, 0.25) is 0 Å². The van der Waals surface area contributed by atoms with Crippen LogP contribution in [-0.4, -0.2) is 11.0 Å². The molecule has 112 valence electrons. The normalized spacial score (nSPS) is 16.4. The maximum Gasteiger partial charge on any atom is 0.128 e. The summed E-state index contributed by atoms with van der Waals surface area (Å²) >= 11 is 5.05. The van der Waals surface area contributed by atoms with Crippen molar-refractivity contribution in [3.8, 4) is 0 Å². The predicted molar refractivity (Wildman–Crippen MR) is 88.3 cm³/mol. The van der Waals surface area contributed by atoms with Crippen molar-refractivity contribution in [2.24, 2.45) is 0 Å². The van der Waals surface area contributed by atoms with E-state index in [1.54, 1.807) is 17.4 Å². The van der Waals surface area contributed by atoms with Crippen molar-refractivity contribution >= 4 is 27.3 Å². The molecular weight excluding hydrogens is 351 g/mol. The number of hydrogen-bond donors (Lipinski definition) is 1. The Morgan fingerprint density at radius 3 is 2.76 bits per heavy atom. The van der Waals surface area contributed by atoms with E-state index >= 15 is 0 Å². The number of hydrogen-bond acceptors (Lipinski definition) is 3. The molecule has 0 bridgehead atoms. The molecule has 21 heavy (non-hydrogen) atoms. The summed E-state index contributed by atoms with van der Waals surface area (Å²) in [4.78, 5) is 4.71. The van der Waals surface area contributed by atoms with E-state index < -0.39 is 0 Å². The quantitative estimate of drug-likeness (QED) is 0.802. The van der Waals surface area contributed by atoms with Gasteiger partial charge >= 0.3 is 0 Å². The van der Waals surface area contributed by atoms with Crippen molar-refractivity contribution in [1.29, 1.82) is 0 Å². The first kappa shape index (κ1) is 15.1. The van der Waals surface area contributed by atoms with Crippen molar-refractivity contribution in [3.63, 3.8) is 0 Å². The van der Waals surface area contributed by atoms with E-state index in [0.29, 0.717) is 17.5 Å². The lowest BCUT2D eigenvalue weighted by Crippen LogP contribution is -2.25. The van der Waals surface area contributed by atoms with Crippen LogP contribution in [0.25, 0.3) is 0 Å². The molecule has 2 nitrogen and oxygen atoms in total. The van der Waals surface area contributed by atoms with Crippen LogP contribution in [0.3, 0.4) is 0 Å². The maximum absolute atomic E-state index is 14.3. The summed E-state index contributed by atoms with van der Waals surface area (Å²) in [5, 5.41) is 6.56. The molecule has 2 aromatic rings. The SMILES string of the molecule is CC(C)c1csc(C(NC2CC2)c2cc(Br)ccc2F)n1. The van der Waals surface area contributed by atoms with E-state index in [4.69, 9.17) is 4.98 Å². The number of thiazole rings is 1. The van der Waals surface area contributed by atoms with Gasteiger partial charge in [0.2, 0.25) is 0 Å². The third-order valence-electron chi connectivity index (χ3n) is 3.63. The third kappa shape index (κ3) is 3.52. The maximum atomic E-state index is 14.3. The van der Waals surface area contributed by atoms with Crippen LogP contribution in [0, 0.1) is 5.82 Å². The van der Waals surface area contributed by atoms with Crippen LogP contribution in [0.1, 0.15) is 54.9 Å². The van der Waals surface area contributed by atoms with Crippen LogP contribution in [0.5, 0.6) is 0 Å². The van der Waals surface area contributed by atoms with Gasteiger partial charge in [-0.2, -0.15) is 0 Å². The Balaban J connectivity index is 1.97. The second-order valence-electron chi connectivity index (χ2n) is 5.81. The van der Waals surface area contributed by atoms with Gasteiger partial charge in [0, 0.05) is 21.5 Å². The van der Waals surface area contributed by atoms with Gasteiger partial charge in [0.15, 0.2) is 0 Å². The number of aromatic nitrogens is 1. The summed E-state index contributed by atoms with van der Waals surface area (Å²) in [6.07, 6.45) is 2.32. The molecule has 1 atom stereocenters. The molecule has 1 aliphatic carbocycles. The minimum atomic E-state index is -0.183. The number of rotatable bonds is 5. The topological polar surface area (TPSA) is 24.9 Å². The molecule has 1 unspecified atom stereocenters. The molecule has 0 spiro atoms. The number of benzene rings is 1. The average Bonchev–Trinajstić information content (AvgIpc) is 3.12. The fraction of sp³-hybridized carbons (Fsp3) is 0.438. The standard InChI is InChI=1S/C16H18BrFN2S/c1-9(2)14-8-21-16(20-14)15(19-11-4-5-11)12-7-10(17)3-6-13(12)18/h3,6-9,11,15,19H,4-5H2,1-2H3. The fourth-order valence-corrected chi connectivity index (χ4v) is 3.65. The first-order chi connectivity index (χ1) is 10.0. The highest BCUT2D eigenvalue weighted by molar-refractivity contribution is 9.10. The Morgan fingerprint density at radius 1 is 1.38 bits per heavy atom. The molecule has 1 N–H and O–H groups in total. The lowest BCUT2D eigenvalue weighted by molar-refractivity contribution is 0.543. The number of nitrogens with zero attached hydrogens (tertiary/aromatic N) is 1. The van der Waals surface area contributed by atoms with Crippen LogP contribution in [0.15, 0.2) is 28.1 Å². The molecule has 1 saturated carbocycles. The summed E-state index contributed by atoms with van der Waals surface area (Å²) in [6.45, 7) is 4.25. The van der Waals surface area contributed by atoms with Crippen LogP contribution < -0.4 is 5.32 Å². The van der Waals surface area contributed by atoms with Gasteiger partial charge in [-0.05, 0) is 37.0 Å². The molecule has 0 saturated heterocycles. The van der Waals surface area contributed by atoms with Gasteiger partial charge < -0.3 is 5.32 Å².